The van der Waals surface area contributed by atoms with Gasteiger partial charge in [0.05, 0.1) is 52.4 Å². The fraction of sp³-hybridized carbons (Fsp3) is 0.396. The first kappa shape index (κ1) is 45.8. The third kappa shape index (κ3) is 10.6. The molecule has 4 amide bonds. The number of aryl methyl sites for hydroxylation is 1. The summed E-state index contributed by atoms with van der Waals surface area (Å²) in [6.45, 7) is 12.4. The maximum atomic E-state index is 14.2. The van der Waals surface area contributed by atoms with Gasteiger partial charge in [-0.2, -0.15) is 5.10 Å². The number of amides is 4. The van der Waals surface area contributed by atoms with Gasteiger partial charge in [0.2, 0.25) is 17.7 Å². The lowest BCUT2D eigenvalue weighted by atomic mass is 9.85. The quantitative estimate of drug-likeness (QED) is 0.0809. The lowest BCUT2D eigenvalue weighted by Gasteiger charge is -2.38. The number of thiazole rings is 1. The fourth-order valence-electron chi connectivity index (χ4n) is 8.44. The predicted molar refractivity (Wildman–Crippen MR) is 247 cm³/mol. The van der Waals surface area contributed by atoms with E-state index >= 15 is 0 Å². The van der Waals surface area contributed by atoms with Crippen LogP contribution in [0.3, 0.4) is 0 Å². The number of benzene rings is 2. The number of ether oxygens (including phenoxy) is 2. The maximum absolute atomic E-state index is 14.2. The normalized spacial score (nSPS) is 18.8. The Morgan fingerprint density at radius 1 is 1.03 bits per heavy atom. The number of carbonyl (C=O) groups is 4. The topological polar surface area (TPSA) is 184 Å². The Hall–Kier alpha value is -6.23. The minimum Gasteiger partial charge on any atom is -0.495 e. The molecular formula is C48H57N9O6S. The van der Waals surface area contributed by atoms with Crippen LogP contribution in [-0.2, 0) is 19.1 Å². The molecule has 2 fully saturated rings. The molecule has 2 aliphatic heterocycles. The number of methoxy groups -OCH3 is 1. The fourth-order valence-corrected chi connectivity index (χ4v) is 9.25. The third-order valence-electron chi connectivity index (χ3n) is 11.9. The molecule has 5 aromatic rings. The molecular weight excluding hydrogens is 831 g/mol. The zero-order chi connectivity index (χ0) is 45.5. The van der Waals surface area contributed by atoms with Crippen LogP contribution in [0, 0.1) is 12.3 Å². The SMILES string of the molecule is C=C[C@H](NC(=O)[C@@H]1CCCN1C(=O)[C@@H](NC(=O)CO[C@H]1CC[C@@H](c2ccc(NC(=O)c3cccc(-c4ccn[nH]4)n3)c(OC)c2)N(C)C1)C(C)(C)C)c1ccc(-c2scnc2C)cc1. The van der Waals surface area contributed by atoms with E-state index in [4.69, 9.17) is 9.47 Å². The standard InChI is InChI=1S/C48H57N9O6S/c1-8-34(30-14-16-31(17-15-30)43-29(2)49-28-64-43)52-46(60)40-13-10-24-57(40)47(61)44(48(3,4)5)54-42(58)27-63-33-19-21-39(56(6)26-33)32-18-20-37(41(25-32)62-7)53-45(59)38-12-9-11-35(51-38)36-22-23-50-55-36/h8-9,11-12,14-18,20,22-23,25,28,33-34,39-40,44H,1,10,13,19,21,24,26-27H2,2-7H3,(H,50,55)(H,52,60)(H,53,59)(H,54,58)/t33-,34-,39-,40-,44+/m0/s1. The van der Waals surface area contributed by atoms with E-state index in [2.05, 4.69) is 47.6 Å². The molecule has 5 heterocycles. The largest absolute Gasteiger partial charge is 0.495 e. The average Bonchev–Trinajstić information content (AvgIpc) is 4.10. The monoisotopic (exact) mass is 887 g/mol. The molecule has 0 saturated carbocycles. The molecule has 0 spiro atoms. The minimum absolute atomic E-state index is 0.0504. The number of nitrogens with one attached hydrogen (secondary N) is 4. The van der Waals surface area contributed by atoms with E-state index in [1.165, 1.54) is 0 Å². The van der Waals surface area contributed by atoms with Crippen LogP contribution in [0.2, 0.25) is 0 Å². The molecule has 2 saturated heterocycles. The number of nitrogens with zero attached hydrogens (tertiary/aromatic N) is 5. The van der Waals surface area contributed by atoms with Gasteiger partial charge < -0.3 is 30.3 Å². The zero-order valence-electron chi connectivity index (χ0n) is 37.2. The van der Waals surface area contributed by atoms with Gasteiger partial charge in [0.1, 0.15) is 30.1 Å². The van der Waals surface area contributed by atoms with Gasteiger partial charge in [0, 0.05) is 25.3 Å². The number of hydrogen-bond acceptors (Lipinski definition) is 11. The number of pyridine rings is 1. The van der Waals surface area contributed by atoms with Gasteiger partial charge in [-0.3, -0.25) is 29.2 Å². The van der Waals surface area contributed by atoms with E-state index in [0.717, 1.165) is 33.7 Å². The number of anilines is 1. The van der Waals surface area contributed by atoms with Crippen LogP contribution < -0.4 is 20.7 Å². The second kappa shape index (κ2) is 20.1. The summed E-state index contributed by atoms with van der Waals surface area (Å²) < 4.78 is 11.9. The molecule has 0 unspecified atom stereocenters. The molecule has 0 radical (unpaired) electrons. The highest BCUT2D eigenvalue weighted by Crippen LogP contribution is 2.36. The molecule has 336 valence electrons. The van der Waals surface area contributed by atoms with Gasteiger partial charge in [-0.25, -0.2) is 9.97 Å². The summed E-state index contributed by atoms with van der Waals surface area (Å²) >= 11 is 1.58. The number of piperidine rings is 1. The average molecular weight is 888 g/mol. The van der Waals surface area contributed by atoms with Crippen molar-refractivity contribution in [2.24, 2.45) is 5.41 Å². The second-order valence-electron chi connectivity index (χ2n) is 17.4. The predicted octanol–water partition coefficient (Wildman–Crippen LogP) is 6.88. The molecule has 4 N–H and O–H groups in total. The van der Waals surface area contributed by atoms with Gasteiger partial charge in [0.15, 0.2) is 0 Å². The van der Waals surface area contributed by atoms with Gasteiger partial charge in [0.25, 0.3) is 5.91 Å². The van der Waals surface area contributed by atoms with Crippen molar-refractivity contribution in [3.8, 4) is 27.6 Å². The van der Waals surface area contributed by atoms with Crippen LogP contribution in [0.25, 0.3) is 21.8 Å². The summed E-state index contributed by atoms with van der Waals surface area (Å²) in [7, 11) is 3.57. The van der Waals surface area contributed by atoms with Crippen molar-refractivity contribution in [2.75, 3.05) is 39.2 Å². The Bertz CT molecular complexity index is 2450. The van der Waals surface area contributed by atoms with Crippen molar-refractivity contribution in [3.63, 3.8) is 0 Å². The van der Waals surface area contributed by atoms with E-state index in [9.17, 15) is 19.2 Å². The Balaban J connectivity index is 0.910. The molecule has 7 rings (SSSR count). The van der Waals surface area contributed by atoms with Crippen LogP contribution in [-0.4, -0.2) is 106 Å². The number of carbonyl (C=O) groups excluding carboxylic acids is 4. The molecule has 0 bridgehead atoms. The van der Waals surface area contributed by atoms with Crippen molar-refractivity contribution in [1.29, 1.82) is 0 Å². The number of rotatable bonds is 15. The molecule has 2 aromatic carbocycles. The Kier molecular flexibility index (Phi) is 14.4. The Morgan fingerprint density at radius 3 is 2.50 bits per heavy atom. The van der Waals surface area contributed by atoms with Crippen LogP contribution in [0.1, 0.15) is 85.8 Å². The van der Waals surface area contributed by atoms with Crippen molar-refractivity contribution >= 4 is 40.7 Å². The first-order valence-corrected chi connectivity index (χ1v) is 22.4. The van der Waals surface area contributed by atoms with Gasteiger partial charge in [-0.1, -0.05) is 63.2 Å². The van der Waals surface area contributed by atoms with Crippen LogP contribution in [0.5, 0.6) is 5.75 Å². The number of likely N-dealkylation sites (N-methyl/N-ethyl adjacent to an activating group) is 1. The summed E-state index contributed by atoms with van der Waals surface area (Å²) in [6, 6.07) is 18.8. The summed E-state index contributed by atoms with van der Waals surface area (Å²) in [5.74, 6) is -0.801. The van der Waals surface area contributed by atoms with Gasteiger partial charge in [-0.05, 0) is 92.1 Å². The Morgan fingerprint density at radius 2 is 1.83 bits per heavy atom. The summed E-state index contributed by atoms with van der Waals surface area (Å²) in [5, 5.41) is 15.8. The minimum atomic E-state index is -0.875. The second-order valence-corrected chi connectivity index (χ2v) is 18.3. The highest BCUT2D eigenvalue weighted by molar-refractivity contribution is 7.13. The van der Waals surface area contributed by atoms with Gasteiger partial charge >= 0.3 is 0 Å². The zero-order valence-corrected chi connectivity index (χ0v) is 38.0. The van der Waals surface area contributed by atoms with Crippen LogP contribution >= 0.6 is 11.3 Å². The molecule has 64 heavy (non-hydrogen) atoms. The van der Waals surface area contributed by atoms with Crippen LogP contribution in [0.15, 0.2) is 91.1 Å². The van der Waals surface area contributed by atoms with E-state index < -0.39 is 29.4 Å². The first-order valence-electron chi connectivity index (χ1n) is 21.5. The van der Waals surface area contributed by atoms with Crippen molar-refractivity contribution < 1.29 is 28.7 Å². The number of H-pyrrole nitrogens is 1. The highest BCUT2D eigenvalue weighted by Gasteiger charge is 2.42. The van der Waals surface area contributed by atoms with E-state index in [-0.39, 0.29) is 42.2 Å². The smallest absolute Gasteiger partial charge is 0.274 e. The highest BCUT2D eigenvalue weighted by atomic mass is 32.1. The number of likely N-dealkylation sites (tertiary alicyclic amines) is 2. The van der Waals surface area contributed by atoms with Crippen molar-refractivity contribution in [1.82, 2.24) is 40.6 Å². The van der Waals surface area contributed by atoms with E-state index in [1.807, 2.05) is 82.7 Å². The third-order valence-corrected chi connectivity index (χ3v) is 12.9. The number of aromatic nitrogens is 4. The van der Waals surface area contributed by atoms with Crippen molar-refractivity contribution in [3.05, 3.63) is 114 Å². The summed E-state index contributed by atoms with van der Waals surface area (Å²) in [5.41, 5.74) is 7.20. The molecule has 3 aromatic heterocycles. The Labute approximate surface area is 378 Å². The molecule has 15 nitrogen and oxygen atoms in total. The molecule has 16 heteroatoms. The lowest BCUT2D eigenvalue weighted by molar-refractivity contribution is -0.145. The number of hydrogen-bond donors (Lipinski definition) is 4. The van der Waals surface area contributed by atoms with Crippen molar-refractivity contribution in [2.45, 2.75) is 83.6 Å². The van der Waals surface area contributed by atoms with E-state index in [0.29, 0.717) is 55.2 Å². The molecule has 0 aliphatic carbocycles. The number of aromatic amines is 1. The molecule has 5 atom stereocenters. The van der Waals surface area contributed by atoms with Crippen LogP contribution in [0.4, 0.5) is 5.69 Å². The maximum Gasteiger partial charge on any atom is 0.274 e. The van der Waals surface area contributed by atoms with Gasteiger partial charge in [-0.15, -0.1) is 17.9 Å². The van der Waals surface area contributed by atoms with E-state index in [1.54, 1.807) is 59.9 Å². The summed E-state index contributed by atoms with van der Waals surface area (Å²) in [4.78, 5) is 68.4. The molecule has 2 aliphatic rings. The first-order chi connectivity index (χ1) is 30.7. The lowest BCUT2D eigenvalue weighted by Crippen LogP contribution is -2.58. The summed E-state index contributed by atoms with van der Waals surface area (Å²) in [6.07, 6.45) is 5.76.